The minimum Gasteiger partial charge on any atom is -0.497 e. The van der Waals surface area contributed by atoms with Gasteiger partial charge in [0.15, 0.2) is 5.76 Å². The summed E-state index contributed by atoms with van der Waals surface area (Å²) in [7, 11) is 1.56. The van der Waals surface area contributed by atoms with E-state index >= 15 is 0 Å². The predicted octanol–water partition coefficient (Wildman–Crippen LogP) is 3.30. The van der Waals surface area contributed by atoms with Crippen molar-refractivity contribution < 1.29 is 28.4 Å². The van der Waals surface area contributed by atoms with Crippen LogP contribution in [0.25, 0.3) is 11.3 Å². The largest absolute Gasteiger partial charge is 0.497 e. The van der Waals surface area contributed by atoms with Crippen LogP contribution in [0.1, 0.15) is 28.7 Å². The second kappa shape index (κ2) is 10.3. The van der Waals surface area contributed by atoms with Gasteiger partial charge in [-0.3, -0.25) is 14.9 Å². The number of carbonyl (C=O) groups excluding carboxylic acids is 2. The summed E-state index contributed by atoms with van der Waals surface area (Å²) >= 11 is 0. The van der Waals surface area contributed by atoms with E-state index in [0.717, 1.165) is 11.8 Å². The van der Waals surface area contributed by atoms with E-state index in [1.54, 1.807) is 43.7 Å². The van der Waals surface area contributed by atoms with Crippen LogP contribution >= 0.6 is 0 Å². The van der Waals surface area contributed by atoms with Crippen LogP contribution in [-0.4, -0.2) is 41.3 Å². The molecule has 0 unspecified atom stereocenters. The number of nitro groups is 1. The van der Waals surface area contributed by atoms with E-state index in [-0.39, 0.29) is 18.9 Å². The van der Waals surface area contributed by atoms with E-state index in [4.69, 9.17) is 13.9 Å². The van der Waals surface area contributed by atoms with Gasteiger partial charge >= 0.3 is 11.9 Å². The van der Waals surface area contributed by atoms with Gasteiger partial charge in [0, 0.05) is 11.4 Å². The van der Waals surface area contributed by atoms with Crippen molar-refractivity contribution in [3.05, 3.63) is 69.6 Å². The summed E-state index contributed by atoms with van der Waals surface area (Å²) < 4.78 is 16.9. The van der Waals surface area contributed by atoms with Gasteiger partial charge in [-0.05, 0) is 55.8 Å². The summed E-state index contributed by atoms with van der Waals surface area (Å²) in [6.45, 7) is 3.52. The second-order valence-corrected chi connectivity index (χ2v) is 6.79. The van der Waals surface area contributed by atoms with Gasteiger partial charge in [0.05, 0.1) is 31.6 Å². The zero-order valence-corrected chi connectivity index (χ0v) is 18.2. The van der Waals surface area contributed by atoms with Crippen molar-refractivity contribution in [1.82, 2.24) is 9.99 Å². The van der Waals surface area contributed by atoms with Gasteiger partial charge < -0.3 is 18.5 Å². The Morgan fingerprint density at radius 1 is 1.24 bits per heavy atom. The number of amides is 1. The van der Waals surface area contributed by atoms with Crippen molar-refractivity contribution in [1.29, 1.82) is 0 Å². The second-order valence-electron chi connectivity index (χ2n) is 6.79. The first-order valence-corrected chi connectivity index (χ1v) is 9.91. The molecule has 0 aliphatic rings. The number of hydrogen-bond donors (Lipinski definition) is 1. The van der Waals surface area contributed by atoms with E-state index in [1.807, 2.05) is 12.1 Å². The summed E-state index contributed by atoms with van der Waals surface area (Å²) in [5.41, 5.74) is 4.66. The van der Waals surface area contributed by atoms with Crippen molar-refractivity contribution in [2.24, 2.45) is 5.10 Å². The molecule has 3 rings (SSSR count). The molecule has 0 aliphatic carbocycles. The molecule has 33 heavy (non-hydrogen) atoms. The molecule has 11 nitrogen and oxygen atoms in total. The Kier molecular flexibility index (Phi) is 7.24. The molecule has 0 spiro atoms. The topological polar surface area (TPSA) is 138 Å². The number of benzene rings is 1. The number of nitrogens with one attached hydrogen (secondary N) is 1. The highest BCUT2D eigenvalue weighted by atomic mass is 16.6. The number of furan rings is 1. The van der Waals surface area contributed by atoms with Crippen LogP contribution in [0.3, 0.4) is 0 Å². The Morgan fingerprint density at radius 2 is 1.97 bits per heavy atom. The molecular formula is C22H22N4O7. The first-order chi connectivity index (χ1) is 15.8. The van der Waals surface area contributed by atoms with Gasteiger partial charge in [-0.1, -0.05) is 0 Å². The average Bonchev–Trinajstić information content (AvgIpc) is 3.40. The summed E-state index contributed by atoms with van der Waals surface area (Å²) in [6, 6.07) is 11.4. The first kappa shape index (κ1) is 23.3. The number of aromatic nitrogens is 1. The smallest absolute Gasteiger partial charge is 0.433 e. The van der Waals surface area contributed by atoms with Crippen molar-refractivity contribution >= 4 is 24.0 Å². The lowest BCUT2D eigenvalue weighted by molar-refractivity contribution is -0.402. The Labute approximate surface area is 188 Å². The van der Waals surface area contributed by atoms with Crippen LogP contribution in [0, 0.1) is 17.0 Å². The maximum atomic E-state index is 12.5. The Bertz CT molecular complexity index is 1190. The van der Waals surface area contributed by atoms with Gasteiger partial charge in [-0.2, -0.15) is 5.10 Å². The molecule has 0 aliphatic heterocycles. The fourth-order valence-electron chi connectivity index (χ4n) is 3.12. The predicted molar refractivity (Wildman–Crippen MR) is 118 cm³/mol. The lowest BCUT2D eigenvalue weighted by atomic mass is 10.1. The standard InChI is InChI=1S/C22H22N4O7/c1-4-32-22(28)18-11-19(15-5-7-16(31-3)8-6-15)25(14(18)2)13-20(27)24-23-12-17-9-10-21(33-17)26(29)30/h5-12H,4,13H2,1-3H3,(H,24,27)/b23-12+. The van der Waals surface area contributed by atoms with Crippen molar-refractivity contribution in [2.45, 2.75) is 20.4 Å². The van der Waals surface area contributed by atoms with E-state index in [0.29, 0.717) is 22.7 Å². The molecule has 172 valence electrons. The number of nitrogens with zero attached hydrogens (tertiary/aromatic N) is 3. The Hall–Kier alpha value is -4.41. The molecule has 0 atom stereocenters. The van der Waals surface area contributed by atoms with Crippen LogP contribution < -0.4 is 10.2 Å². The molecule has 11 heteroatoms. The van der Waals surface area contributed by atoms with Gasteiger partial charge in [0.2, 0.25) is 0 Å². The molecule has 1 aromatic carbocycles. The fraction of sp³-hybridized carbons (Fsp3) is 0.227. The summed E-state index contributed by atoms with van der Waals surface area (Å²) in [6.07, 6.45) is 1.15. The number of hydrogen-bond acceptors (Lipinski definition) is 8. The maximum Gasteiger partial charge on any atom is 0.433 e. The number of ether oxygens (including phenoxy) is 2. The zero-order valence-electron chi connectivity index (χ0n) is 18.2. The first-order valence-electron chi connectivity index (χ1n) is 9.91. The maximum absolute atomic E-state index is 12.5. The van der Waals surface area contributed by atoms with Crippen LogP contribution in [-0.2, 0) is 16.1 Å². The van der Waals surface area contributed by atoms with Crippen molar-refractivity contribution in [3.8, 4) is 17.0 Å². The lowest BCUT2D eigenvalue weighted by Crippen LogP contribution is -2.24. The highest BCUT2D eigenvalue weighted by Gasteiger charge is 2.21. The van der Waals surface area contributed by atoms with E-state index in [1.165, 1.54) is 12.1 Å². The fourth-order valence-corrected chi connectivity index (χ4v) is 3.12. The normalized spacial score (nSPS) is 10.9. The minimum absolute atomic E-state index is 0.114. The summed E-state index contributed by atoms with van der Waals surface area (Å²) in [5, 5.41) is 14.4. The monoisotopic (exact) mass is 454 g/mol. The van der Waals surface area contributed by atoms with E-state index in [9.17, 15) is 19.7 Å². The van der Waals surface area contributed by atoms with Crippen molar-refractivity contribution in [3.63, 3.8) is 0 Å². The number of esters is 1. The molecule has 1 N–H and O–H groups in total. The van der Waals surface area contributed by atoms with Gasteiger partial charge in [0.25, 0.3) is 5.91 Å². The molecule has 1 amide bonds. The average molecular weight is 454 g/mol. The highest BCUT2D eigenvalue weighted by Crippen LogP contribution is 2.28. The van der Waals surface area contributed by atoms with Crippen LogP contribution in [0.15, 0.2) is 52.0 Å². The molecule has 0 radical (unpaired) electrons. The SMILES string of the molecule is CCOC(=O)c1cc(-c2ccc(OC)cc2)n(CC(=O)N/N=C/c2ccc([N+](=O)[O-])o2)c1C. The number of hydrazone groups is 1. The molecule has 0 bridgehead atoms. The lowest BCUT2D eigenvalue weighted by Gasteiger charge is -2.11. The Morgan fingerprint density at radius 3 is 2.58 bits per heavy atom. The van der Waals surface area contributed by atoms with Gasteiger partial charge in [0.1, 0.15) is 17.2 Å². The summed E-state index contributed by atoms with van der Waals surface area (Å²) in [5.74, 6) is -0.606. The number of carbonyl (C=O) groups is 2. The third kappa shape index (κ3) is 5.45. The molecule has 3 aromatic rings. The molecule has 0 saturated carbocycles. The third-order valence-corrected chi connectivity index (χ3v) is 4.72. The quantitative estimate of drug-likeness (QED) is 0.226. The molecular weight excluding hydrogens is 432 g/mol. The van der Waals surface area contributed by atoms with E-state index < -0.39 is 22.7 Å². The number of rotatable bonds is 9. The van der Waals surface area contributed by atoms with Gasteiger partial charge in [-0.25, -0.2) is 10.2 Å². The zero-order chi connectivity index (χ0) is 24.0. The summed E-state index contributed by atoms with van der Waals surface area (Å²) in [4.78, 5) is 34.9. The van der Waals surface area contributed by atoms with Crippen LogP contribution in [0.5, 0.6) is 5.75 Å². The van der Waals surface area contributed by atoms with Gasteiger partial charge in [-0.15, -0.1) is 0 Å². The molecule has 0 fully saturated rings. The van der Waals surface area contributed by atoms with Crippen LogP contribution in [0.2, 0.25) is 0 Å². The van der Waals surface area contributed by atoms with Crippen molar-refractivity contribution in [2.75, 3.05) is 13.7 Å². The number of methoxy groups -OCH3 is 1. The third-order valence-electron chi connectivity index (χ3n) is 4.72. The van der Waals surface area contributed by atoms with Crippen LogP contribution in [0.4, 0.5) is 5.88 Å². The van der Waals surface area contributed by atoms with E-state index in [2.05, 4.69) is 10.5 Å². The minimum atomic E-state index is -0.674. The molecule has 2 aromatic heterocycles. The molecule has 0 saturated heterocycles. The Balaban J connectivity index is 1.83. The molecule has 2 heterocycles. The highest BCUT2D eigenvalue weighted by molar-refractivity contribution is 5.93.